The summed E-state index contributed by atoms with van der Waals surface area (Å²) < 4.78 is 5.98. The molecule has 3 heteroatoms. The Bertz CT molecular complexity index is 591. The van der Waals surface area contributed by atoms with E-state index in [-0.39, 0.29) is 6.54 Å². The fraction of sp³-hybridized carbons (Fsp3) is 0.294. The standard InChI is InChI=1S/C17H21NO2/c1-11-4-5-12(2)17(13(11)3)20-15-8-6-14(7-9-15)16(19)10-18/h4-9,16,19H,10,18H2,1-3H3. The van der Waals surface area contributed by atoms with Crippen LogP contribution in [0.5, 0.6) is 11.5 Å². The second-order valence-corrected chi connectivity index (χ2v) is 5.08. The highest BCUT2D eigenvalue weighted by molar-refractivity contribution is 5.47. The predicted molar refractivity (Wildman–Crippen MR) is 81.2 cm³/mol. The van der Waals surface area contributed by atoms with Crippen molar-refractivity contribution in [2.75, 3.05) is 6.54 Å². The van der Waals surface area contributed by atoms with E-state index in [0.29, 0.717) is 0 Å². The zero-order valence-electron chi connectivity index (χ0n) is 12.2. The van der Waals surface area contributed by atoms with Crippen molar-refractivity contribution in [2.45, 2.75) is 26.9 Å². The molecule has 0 amide bonds. The summed E-state index contributed by atoms with van der Waals surface area (Å²) in [5.41, 5.74) is 9.71. The Labute approximate surface area is 120 Å². The third-order valence-electron chi connectivity index (χ3n) is 3.58. The highest BCUT2D eigenvalue weighted by atomic mass is 16.5. The number of hydrogen-bond donors (Lipinski definition) is 2. The number of benzene rings is 2. The topological polar surface area (TPSA) is 55.5 Å². The van der Waals surface area contributed by atoms with E-state index >= 15 is 0 Å². The lowest BCUT2D eigenvalue weighted by atomic mass is 10.1. The van der Waals surface area contributed by atoms with Crippen LogP contribution in [0.2, 0.25) is 0 Å². The third-order valence-corrected chi connectivity index (χ3v) is 3.58. The van der Waals surface area contributed by atoms with Crippen LogP contribution in [0.3, 0.4) is 0 Å². The Hall–Kier alpha value is -1.84. The van der Waals surface area contributed by atoms with Crippen LogP contribution in [-0.2, 0) is 0 Å². The maximum Gasteiger partial charge on any atom is 0.133 e. The maximum atomic E-state index is 9.67. The normalized spacial score (nSPS) is 12.2. The molecule has 1 atom stereocenters. The summed E-state index contributed by atoms with van der Waals surface area (Å²) in [6, 6.07) is 11.5. The SMILES string of the molecule is Cc1ccc(C)c(Oc2ccc(C(O)CN)cc2)c1C. The van der Waals surface area contributed by atoms with Gasteiger partial charge in [0.15, 0.2) is 0 Å². The van der Waals surface area contributed by atoms with Gasteiger partial charge in [0.25, 0.3) is 0 Å². The fourth-order valence-corrected chi connectivity index (χ4v) is 2.09. The number of aliphatic hydroxyl groups excluding tert-OH is 1. The van der Waals surface area contributed by atoms with Crippen molar-refractivity contribution in [1.82, 2.24) is 0 Å². The van der Waals surface area contributed by atoms with Crippen molar-refractivity contribution in [3.63, 3.8) is 0 Å². The van der Waals surface area contributed by atoms with Gasteiger partial charge in [0.2, 0.25) is 0 Å². The molecule has 0 spiro atoms. The molecule has 0 aliphatic heterocycles. The number of aryl methyl sites for hydroxylation is 2. The average molecular weight is 271 g/mol. The molecule has 0 aliphatic carbocycles. The van der Waals surface area contributed by atoms with Crippen LogP contribution in [0.25, 0.3) is 0 Å². The predicted octanol–water partition coefficient (Wildman–Crippen LogP) is 3.40. The summed E-state index contributed by atoms with van der Waals surface area (Å²) in [5, 5.41) is 9.67. The maximum absolute atomic E-state index is 9.67. The first-order valence-corrected chi connectivity index (χ1v) is 6.75. The minimum atomic E-state index is -0.619. The third kappa shape index (κ3) is 3.00. The molecular formula is C17H21NO2. The summed E-state index contributed by atoms with van der Waals surface area (Å²) in [5.74, 6) is 1.66. The average Bonchev–Trinajstić information content (AvgIpc) is 2.47. The van der Waals surface area contributed by atoms with Gasteiger partial charge in [-0.15, -0.1) is 0 Å². The van der Waals surface area contributed by atoms with Crippen molar-refractivity contribution in [3.8, 4) is 11.5 Å². The number of ether oxygens (including phenoxy) is 1. The van der Waals surface area contributed by atoms with Crippen molar-refractivity contribution in [2.24, 2.45) is 5.73 Å². The Kier molecular flexibility index (Phi) is 4.42. The van der Waals surface area contributed by atoms with E-state index in [4.69, 9.17) is 10.5 Å². The van der Waals surface area contributed by atoms with E-state index in [0.717, 1.165) is 28.2 Å². The Morgan fingerprint density at radius 3 is 2.20 bits per heavy atom. The molecule has 0 heterocycles. The Morgan fingerprint density at radius 2 is 1.60 bits per heavy atom. The van der Waals surface area contributed by atoms with Crippen molar-refractivity contribution in [3.05, 3.63) is 58.7 Å². The van der Waals surface area contributed by atoms with Crippen molar-refractivity contribution in [1.29, 1.82) is 0 Å². The van der Waals surface area contributed by atoms with E-state index in [9.17, 15) is 5.11 Å². The molecular weight excluding hydrogens is 250 g/mol. The smallest absolute Gasteiger partial charge is 0.133 e. The van der Waals surface area contributed by atoms with E-state index < -0.39 is 6.10 Å². The summed E-state index contributed by atoms with van der Waals surface area (Å²) in [6.45, 7) is 6.39. The summed E-state index contributed by atoms with van der Waals surface area (Å²) in [6.07, 6.45) is -0.619. The van der Waals surface area contributed by atoms with Crippen molar-refractivity contribution >= 4 is 0 Å². The van der Waals surface area contributed by atoms with Gasteiger partial charge >= 0.3 is 0 Å². The summed E-state index contributed by atoms with van der Waals surface area (Å²) in [7, 11) is 0. The number of aliphatic hydroxyl groups is 1. The molecule has 2 rings (SSSR count). The van der Waals surface area contributed by atoms with Gasteiger partial charge in [0.05, 0.1) is 6.10 Å². The first-order chi connectivity index (χ1) is 9.52. The van der Waals surface area contributed by atoms with Gasteiger partial charge in [-0.3, -0.25) is 0 Å². The molecule has 2 aromatic carbocycles. The summed E-state index contributed by atoms with van der Waals surface area (Å²) >= 11 is 0. The van der Waals surface area contributed by atoms with Crippen LogP contribution in [-0.4, -0.2) is 11.7 Å². The van der Waals surface area contributed by atoms with Gasteiger partial charge in [-0.2, -0.15) is 0 Å². The number of rotatable bonds is 4. The lowest BCUT2D eigenvalue weighted by molar-refractivity contribution is 0.186. The molecule has 1 unspecified atom stereocenters. The quantitative estimate of drug-likeness (QED) is 0.896. The second-order valence-electron chi connectivity index (χ2n) is 5.08. The molecule has 0 fully saturated rings. The molecule has 0 aromatic heterocycles. The highest BCUT2D eigenvalue weighted by Crippen LogP contribution is 2.31. The molecule has 0 radical (unpaired) electrons. The first kappa shape index (κ1) is 14.6. The largest absolute Gasteiger partial charge is 0.457 e. The molecule has 3 nitrogen and oxygen atoms in total. The molecule has 0 saturated carbocycles. The molecule has 20 heavy (non-hydrogen) atoms. The molecule has 0 saturated heterocycles. The van der Waals surface area contributed by atoms with Gasteiger partial charge in [0, 0.05) is 6.54 Å². The number of hydrogen-bond acceptors (Lipinski definition) is 3. The summed E-state index contributed by atoms with van der Waals surface area (Å²) in [4.78, 5) is 0. The van der Waals surface area contributed by atoms with Crippen LogP contribution in [0, 0.1) is 20.8 Å². The monoisotopic (exact) mass is 271 g/mol. The fourth-order valence-electron chi connectivity index (χ4n) is 2.09. The Morgan fingerprint density at radius 1 is 1.00 bits per heavy atom. The minimum Gasteiger partial charge on any atom is -0.457 e. The molecule has 106 valence electrons. The Balaban J connectivity index is 2.25. The second kappa shape index (κ2) is 6.07. The van der Waals surface area contributed by atoms with E-state index in [1.807, 2.05) is 31.2 Å². The number of nitrogens with two attached hydrogens (primary N) is 1. The van der Waals surface area contributed by atoms with Crippen LogP contribution in [0.15, 0.2) is 36.4 Å². The van der Waals surface area contributed by atoms with E-state index in [2.05, 4.69) is 26.0 Å². The van der Waals surface area contributed by atoms with E-state index in [1.54, 1.807) is 0 Å². The highest BCUT2D eigenvalue weighted by Gasteiger charge is 2.09. The van der Waals surface area contributed by atoms with Gasteiger partial charge in [-0.1, -0.05) is 24.3 Å². The van der Waals surface area contributed by atoms with Crippen LogP contribution in [0.4, 0.5) is 0 Å². The molecule has 3 N–H and O–H groups in total. The van der Waals surface area contributed by atoms with Crippen LogP contribution in [0.1, 0.15) is 28.4 Å². The molecule has 2 aromatic rings. The van der Waals surface area contributed by atoms with Crippen molar-refractivity contribution < 1.29 is 9.84 Å². The van der Waals surface area contributed by atoms with Crippen LogP contribution < -0.4 is 10.5 Å². The van der Waals surface area contributed by atoms with Crippen LogP contribution >= 0.6 is 0 Å². The van der Waals surface area contributed by atoms with Gasteiger partial charge in [-0.05, 0) is 55.2 Å². The minimum absolute atomic E-state index is 0.219. The molecule has 0 aliphatic rings. The lowest BCUT2D eigenvalue weighted by Crippen LogP contribution is -2.11. The first-order valence-electron chi connectivity index (χ1n) is 6.75. The molecule has 0 bridgehead atoms. The van der Waals surface area contributed by atoms with Gasteiger partial charge in [-0.25, -0.2) is 0 Å². The lowest BCUT2D eigenvalue weighted by Gasteiger charge is -2.14. The van der Waals surface area contributed by atoms with E-state index in [1.165, 1.54) is 5.56 Å². The van der Waals surface area contributed by atoms with Gasteiger partial charge in [0.1, 0.15) is 11.5 Å². The van der Waals surface area contributed by atoms with Gasteiger partial charge < -0.3 is 15.6 Å². The zero-order chi connectivity index (χ0) is 14.7. The zero-order valence-corrected chi connectivity index (χ0v) is 12.2.